The molecule has 0 saturated carbocycles. The summed E-state index contributed by atoms with van der Waals surface area (Å²) in [6.45, 7) is 4.11. The van der Waals surface area contributed by atoms with Crippen LogP contribution in [0.1, 0.15) is 65.0 Å². The molecule has 6 nitrogen and oxygen atoms in total. The first-order valence-electron chi connectivity index (χ1n) is 10.3. The van der Waals surface area contributed by atoms with Crippen LogP contribution in [-0.2, 0) is 19.4 Å². The minimum absolute atomic E-state index is 0.0811. The van der Waals surface area contributed by atoms with Gasteiger partial charge in [0, 0.05) is 26.7 Å². The van der Waals surface area contributed by atoms with E-state index < -0.39 is 0 Å². The van der Waals surface area contributed by atoms with Crippen molar-refractivity contribution in [2.75, 3.05) is 20.1 Å². The van der Waals surface area contributed by atoms with Gasteiger partial charge in [-0.2, -0.15) is 0 Å². The maximum Gasteiger partial charge on any atom is 0.287 e. The molecule has 2 amide bonds. The van der Waals surface area contributed by atoms with E-state index in [2.05, 4.69) is 17.2 Å². The van der Waals surface area contributed by atoms with Crippen molar-refractivity contribution in [2.45, 2.75) is 52.0 Å². The topological polar surface area (TPSA) is 67.2 Å². The number of nitrogens with one attached hydrogen (secondary N) is 1. The minimum Gasteiger partial charge on any atom is -0.349 e. The van der Waals surface area contributed by atoms with Crippen LogP contribution in [0, 0.1) is 0 Å². The first-order valence-corrected chi connectivity index (χ1v) is 10.3. The number of amides is 2. The molecule has 0 spiro atoms. The summed E-state index contributed by atoms with van der Waals surface area (Å²) in [5.41, 5.74) is 2.54. The molecule has 28 heavy (non-hydrogen) atoms. The predicted octanol–water partition coefficient (Wildman–Crippen LogP) is 3.06. The van der Waals surface area contributed by atoms with Crippen LogP contribution in [0.2, 0.25) is 0 Å². The smallest absolute Gasteiger partial charge is 0.287 e. The van der Waals surface area contributed by atoms with E-state index in [1.807, 2.05) is 41.9 Å². The number of hydrogen-bond donors (Lipinski definition) is 1. The SMILES string of the molecule is CCCCN(C)C(=O)c1nc(C(=O)NCCc2ccccc2)n2c1CCCC2. The van der Waals surface area contributed by atoms with E-state index in [1.54, 1.807) is 4.90 Å². The van der Waals surface area contributed by atoms with Crippen LogP contribution in [0.15, 0.2) is 30.3 Å². The van der Waals surface area contributed by atoms with Gasteiger partial charge in [0.05, 0.1) is 5.69 Å². The molecule has 1 aromatic carbocycles. The highest BCUT2D eigenvalue weighted by molar-refractivity contribution is 5.97. The van der Waals surface area contributed by atoms with Gasteiger partial charge in [-0.1, -0.05) is 43.7 Å². The number of carbonyl (C=O) groups is 2. The monoisotopic (exact) mass is 382 g/mol. The van der Waals surface area contributed by atoms with Gasteiger partial charge < -0.3 is 14.8 Å². The predicted molar refractivity (Wildman–Crippen MR) is 110 cm³/mol. The number of imidazole rings is 1. The highest BCUT2D eigenvalue weighted by Crippen LogP contribution is 2.22. The maximum absolute atomic E-state index is 12.9. The van der Waals surface area contributed by atoms with Crippen molar-refractivity contribution >= 4 is 11.8 Å². The van der Waals surface area contributed by atoms with Gasteiger partial charge in [0.25, 0.3) is 11.8 Å². The fraction of sp³-hybridized carbons (Fsp3) is 0.500. The molecular formula is C22H30N4O2. The van der Waals surface area contributed by atoms with Crippen molar-refractivity contribution in [3.63, 3.8) is 0 Å². The highest BCUT2D eigenvalue weighted by Gasteiger charge is 2.28. The second-order valence-corrected chi connectivity index (χ2v) is 7.41. The molecule has 0 unspecified atom stereocenters. The Kier molecular flexibility index (Phi) is 6.85. The molecule has 1 N–H and O–H groups in total. The molecule has 3 rings (SSSR count). The molecule has 0 bridgehead atoms. The first-order chi connectivity index (χ1) is 13.6. The standard InChI is InChI=1S/C22H30N4O2/c1-3-4-15-25(2)22(28)19-18-12-8-9-16-26(18)20(24-19)21(27)23-14-13-17-10-6-5-7-11-17/h5-7,10-11H,3-4,8-9,12-16H2,1-2H3,(H,23,27). The zero-order valence-corrected chi connectivity index (χ0v) is 16.9. The third kappa shape index (κ3) is 4.61. The van der Waals surface area contributed by atoms with Crippen LogP contribution in [0.25, 0.3) is 0 Å². The summed E-state index contributed by atoms with van der Waals surface area (Å²) in [6.07, 6.45) is 5.60. The summed E-state index contributed by atoms with van der Waals surface area (Å²) >= 11 is 0. The molecular weight excluding hydrogens is 352 g/mol. The largest absolute Gasteiger partial charge is 0.349 e. The number of carbonyl (C=O) groups excluding carboxylic acids is 2. The van der Waals surface area contributed by atoms with Crippen LogP contribution in [0.5, 0.6) is 0 Å². The average Bonchev–Trinajstić information content (AvgIpc) is 3.12. The van der Waals surface area contributed by atoms with Gasteiger partial charge in [0.15, 0.2) is 5.82 Å². The lowest BCUT2D eigenvalue weighted by atomic mass is 10.1. The van der Waals surface area contributed by atoms with Crippen LogP contribution in [-0.4, -0.2) is 46.4 Å². The summed E-state index contributed by atoms with van der Waals surface area (Å²) in [5, 5.41) is 2.97. The third-order valence-corrected chi connectivity index (χ3v) is 5.26. The van der Waals surface area contributed by atoms with Crippen molar-refractivity contribution < 1.29 is 9.59 Å². The Morgan fingerprint density at radius 3 is 2.75 bits per heavy atom. The summed E-state index contributed by atoms with van der Waals surface area (Å²) in [7, 11) is 1.81. The number of rotatable bonds is 8. The quantitative estimate of drug-likeness (QED) is 0.763. The number of nitrogens with zero attached hydrogens (tertiary/aromatic N) is 3. The molecule has 2 heterocycles. The summed E-state index contributed by atoms with van der Waals surface area (Å²) in [6, 6.07) is 10.1. The van der Waals surface area contributed by atoms with E-state index in [1.165, 1.54) is 5.56 Å². The Labute approximate surface area is 166 Å². The molecule has 0 radical (unpaired) electrons. The molecule has 0 aliphatic carbocycles. The van der Waals surface area contributed by atoms with Gasteiger partial charge in [-0.05, 0) is 37.7 Å². The van der Waals surface area contributed by atoms with Crippen molar-refractivity contribution in [1.82, 2.24) is 19.8 Å². The first kappa shape index (κ1) is 20.1. The molecule has 2 aromatic rings. The molecule has 0 fully saturated rings. The van der Waals surface area contributed by atoms with Crippen LogP contribution in [0.4, 0.5) is 0 Å². The van der Waals surface area contributed by atoms with Crippen molar-refractivity contribution in [3.05, 3.63) is 53.1 Å². The van der Waals surface area contributed by atoms with E-state index in [9.17, 15) is 9.59 Å². The Bertz CT molecular complexity index is 813. The fourth-order valence-electron chi connectivity index (χ4n) is 3.61. The van der Waals surface area contributed by atoms with Gasteiger partial charge in [0.2, 0.25) is 0 Å². The number of benzene rings is 1. The third-order valence-electron chi connectivity index (χ3n) is 5.26. The van der Waals surface area contributed by atoms with E-state index in [0.29, 0.717) is 24.6 Å². The lowest BCUT2D eigenvalue weighted by molar-refractivity contribution is 0.0786. The van der Waals surface area contributed by atoms with Crippen LogP contribution < -0.4 is 5.32 Å². The summed E-state index contributed by atoms with van der Waals surface area (Å²) in [5.74, 6) is 0.0896. The Hall–Kier alpha value is -2.63. The van der Waals surface area contributed by atoms with Gasteiger partial charge in [-0.15, -0.1) is 0 Å². The van der Waals surface area contributed by atoms with Crippen LogP contribution >= 0.6 is 0 Å². The second kappa shape index (κ2) is 9.53. The Morgan fingerprint density at radius 2 is 2.00 bits per heavy atom. The molecule has 0 atom stereocenters. The maximum atomic E-state index is 12.9. The van der Waals surface area contributed by atoms with E-state index >= 15 is 0 Å². The highest BCUT2D eigenvalue weighted by atomic mass is 16.2. The Balaban J connectivity index is 1.72. The fourth-order valence-corrected chi connectivity index (χ4v) is 3.61. The normalized spacial score (nSPS) is 13.1. The zero-order valence-electron chi connectivity index (χ0n) is 16.9. The molecule has 1 aromatic heterocycles. The van der Waals surface area contributed by atoms with Gasteiger partial charge in [-0.25, -0.2) is 4.98 Å². The van der Waals surface area contributed by atoms with Gasteiger partial charge >= 0.3 is 0 Å². The number of fused-ring (bicyclic) bond motifs is 1. The van der Waals surface area contributed by atoms with Gasteiger partial charge in [-0.3, -0.25) is 9.59 Å². The average molecular weight is 383 g/mol. The van der Waals surface area contributed by atoms with E-state index in [4.69, 9.17) is 0 Å². The lowest BCUT2D eigenvalue weighted by Crippen LogP contribution is -2.29. The molecule has 0 saturated heterocycles. The van der Waals surface area contributed by atoms with Gasteiger partial charge in [0.1, 0.15) is 5.69 Å². The van der Waals surface area contributed by atoms with Crippen LogP contribution in [0.3, 0.4) is 0 Å². The van der Waals surface area contributed by atoms with E-state index in [0.717, 1.165) is 50.8 Å². The molecule has 1 aliphatic rings. The second-order valence-electron chi connectivity index (χ2n) is 7.41. The van der Waals surface area contributed by atoms with Crippen molar-refractivity contribution in [1.29, 1.82) is 0 Å². The lowest BCUT2D eigenvalue weighted by Gasteiger charge is -2.19. The molecule has 1 aliphatic heterocycles. The van der Waals surface area contributed by atoms with E-state index in [-0.39, 0.29) is 11.8 Å². The minimum atomic E-state index is -0.200. The zero-order chi connectivity index (χ0) is 19.9. The molecule has 6 heteroatoms. The number of hydrogen-bond acceptors (Lipinski definition) is 3. The van der Waals surface area contributed by atoms with Crippen molar-refractivity contribution in [2.24, 2.45) is 0 Å². The van der Waals surface area contributed by atoms with Crippen molar-refractivity contribution in [3.8, 4) is 0 Å². The summed E-state index contributed by atoms with van der Waals surface area (Å²) in [4.78, 5) is 31.9. The molecule has 150 valence electrons. The number of unbranched alkanes of at least 4 members (excludes halogenated alkanes) is 1. The Morgan fingerprint density at radius 1 is 1.21 bits per heavy atom. The summed E-state index contributed by atoms with van der Waals surface area (Å²) < 4.78 is 1.95. The number of aromatic nitrogens is 2.